The van der Waals surface area contributed by atoms with Gasteiger partial charge in [0.2, 0.25) is 0 Å². The molecule has 4 atom stereocenters. The minimum Gasteiger partial charge on any atom is -0.393 e. The van der Waals surface area contributed by atoms with Gasteiger partial charge in [0.25, 0.3) is 0 Å². The standard InChI is InChI=1S/C11H17F3O/c12-11(13,14)4-3-10(15)9-6-7-1-2-8(9)5-7/h7-10,15H,1-6H2. The summed E-state index contributed by atoms with van der Waals surface area (Å²) in [7, 11) is 0. The number of aliphatic hydroxyl groups excluding tert-OH is 1. The number of hydrogen-bond donors (Lipinski definition) is 1. The van der Waals surface area contributed by atoms with Crippen LogP contribution < -0.4 is 0 Å². The largest absolute Gasteiger partial charge is 0.393 e. The van der Waals surface area contributed by atoms with E-state index in [1.165, 1.54) is 6.42 Å². The molecule has 2 rings (SSSR count). The second kappa shape index (κ2) is 3.96. The monoisotopic (exact) mass is 222 g/mol. The first kappa shape index (κ1) is 11.2. The SMILES string of the molecule is OC(CCC(F)(F)F)C1CC2CCC1C2. The second-order valence-electron chi connectivity index (χ2n) is 5.06. The van der Waals surface area contributed by atoms with E-state index in [0.717, 1.165) is 19.3 Å². The first-order chi connectivity index (χ1) is 6.96. The van der Waals surface area contributed by atoms with Gasteiger partial charge in [0.05, 0.1) is 6.10 Å². The average Bonchev–Trinajstić information content (AvgIpc) is 2.73. The lowest BCUT2D eigenvalue weighted by molar-refractivity contribution is -0.142. The molecule has 0 aromatic carbocycles. The molecule has 4 heteroatoms. The molecule has 15 heavy (non-hydrogen) atoms. The Morgan fingerprint density at radius 3 is 2.40 bits per heavy atom. The van der Waals surface area contributed by atoms with E-state index >= 15 is 0 Å². The van der Waals surface area contributed by atoms with Gasteiger partial charge in [-0.15, -0.1) is 0 Å². The number of aliphatic hydroxyl groups is 1. The predicted octanol–water partition coefficient (Wildman–Crippen LogP) is 3.13. The molecule has 0 heterocycles. The fourth-order valence-corrected chi connectivity index (χ4v) is 3.29. The van der Waals surface area contributed by atoms with E-state index in [2.05, 4.69) is 0 Å². The van der Waals surface area contributed by atoms with E-state index in [-0.39, 0.29) is 12.3 Å². The number of halogens is 3. The summed E-state index contributed by atoms with van der Waals surface area (Å²) in [4.78, 5) is 0. The van der Waals surface area contributed by atoms with Crippen LogP contribution in [-0.4, -0.2) is 17.4 Å². The number of rotatable bonds is 3. The van der Waals surface area contributed by atoms with E-state index in [1.807, 2.05) is 0 Å². The van der Waals surface area contributed by atoms with Crippen molar-refractivity contribution in [2.75, 3.05) is 0 Å². The Labute approximate surface area is 87.7 Å². The van der Waals surface area contributed by atoms with Gasteiger partial charge in [-0.25, -0.2) is 0 Å². The van der Waals surface area contributed by atoms with E-state index in [0.29, 0.717) is 11.8 Å². The highest BCUT2D eigenvalue weighted by atomic mass is 19.4. The van der Waals surface area contributed by atoms with Gasteiger partial charge in [0.1, 0.15) is 0 Å². The van der Waals surface area contributed by atoms with Crippen molar-refractivity contribution in [3.8, 4) is 0 Å². The van der Waals surface area contributed by atoms with Crippen LogP contribution in [0.1, 0.15) is 38.5 Å². The Kier molecular flexibility index (Phi) is 2.97. The smallest absolute Gasteiger partial charge is 0.389 e. The minimum atomic E-state index is -4.13. The summed E-state index contributed by atoms with van der Waals surface area (Å²) in [6, 6.07) is 0. The van der Waals surface area contributed by atoms with Crippen LogP contribution in [0, 0.1) is 17.8 Å². The van der Waals surface area contributed by atoms with Crippen molar-refractivity contribution in [1.82, 2.24) is 0 Å². The highest BCUT2D eigenvalue weighted by molar-refractivity contribution is 4.92. The van der Waals surface area contributed by atoms with Gasteiger partial charge in [-0.1, -0.05) is 6.42 Å². The summed E-state index contributed by atoms with van der Waals surface area (Å²) in [6.07, 6.45) is -1.41. The third kappa shape index (κ3) is 2.65. The fraction of sp³-hybridized carbons (Fsp3) is 1.00. The molecule has 0 spiro atoms. The van der Waals surface area contributed by atoms with Crippen molar-refractivity contribution in [3.05, 3.63) is 0 Å². The van der Waals surface area contributed by atoms with Crippen LogP contribution in [0.3, 0.4) is 0 Å². The zero-order valence-electron chi connectivity index (χ0n) is 8.63. The Morgan fingerprint density at radius 1 is 1.20 bits per heavy atom. The van der Waals surface area contributed by atoms with Crippen molar-refractivity contribution in [3.63, 3.8) is 0 Å². The summed E-state index contributed by atoms with van der Waals surface area (Å²) in [5, 5.41) is 9.73. The summed E-state index contributed by atoms with van der Waals surface area (Å²) in [6.45, 7) is 0. The molecule has 2 aliphatic carbocycles. The second-order valence-corrected chi connectivity index (χ2v) is 5.06. The van der Waals surface area contributed by atoms with E-state index in [9.17, 15) is 18.3 Å². The van der Waals surface area contributed by atoms with Gasteiger partial charge in [-0.2, -0.15) is 13.2 Å². The number of alkyl halides is 3. The van der Waals surface area contributed by atoms with E-state index in [4.69, 9.17) is 0 Å². The quantitative estimate of drug-likeness (QED) is 0.777. The summed E-state index contributed by atoms with van der Waals surface area (Å²) >= 11 is 0. The molecule has 0 aromatic rings. The molecule has 4 unspecified atom stereocenters. The van der Waals surface area contributed by atoms with Crippen LogP contribution in [0.15, 0.2) is 0 Å². The Hall–Kier alpha value is -0.250. The van der Waals surface area contributed by atoms with Crippen molar-refractivity contribution in [2.45, 2.75) is 50.8 Å². The van der Waals surface area contributed by atoms with Crippen LogP contribution in [0.5, 0.6) is 0 Å². The predicted molar refractivity (Wildman–Crippen MR) is 50.2 cm³/mol. The molecule has 0 aliphatic heterocycles. The molecule has 2 saturated carbocycles. The molecular formula is C11H17F3O. The Bertz CT molecular complexity index is 226. The van der Waals surface area contributed by atoms with Crippen LogP contribution in [-0.2, 0) is 0 Å². The highest BCUT2D eigenvalue weighted by Gasteiger charge is 2.43. The third-order valence-electron chi connectivity index (χ3n) is 4.01. The molecule has 2 bridgehead atoms. The van der Waals surface area contributed by atoms with Crippen molar-refractivity contribution < 1.29 is 18.3 Å². The van der Waals surface area contributed by atoms with Crippen molar-refractivity contribution >= 4 is 0 Å². The maximum absolute atomic E-state index is 12.0. The molecule has 0 amide bonds. The zero-order chi connectivity index (χ0) is 11.1. The first-order valence-electron chi connectivity index (χ1n) is 5.70. The topological polar surface area (TPSA) is 20.2 Å². The minimum absolute atomic E-state index is 0.114. The normalized spacial score (nSPS) is 37.2. The maximum atomic E-state index is 12.0. The fourth-order valence-electron chi connectivity index (χ4n) is 3.29. The molecule has 0 saturated heterocycles. The summed E-state index contributed by atoms with van der Waals surface area (Å²) in [5.74, 6) is 1.32. The summed E-state index contributed by atoms with van der Waals surface area (Å²) in [5.41, 5.74) is 0. The lowest BCUT2D eigenvalue weighted by atomic mass is 9.83. The molecular weight excluding hydrogens is 205 g/mol. The van der Waals surface area contributed by atoms with Gasteiger partial charge >= 0.3 is 6.18 Å². The number of fused-ring (bicyclic) bond motifs is 2. The van der Waals surface area contributed by atoms with Crippen molar-refractivity contribution in [2.24, 2.45) is 17.8 Å². The molecule has 88 valence electrons. The Morgan fingerprint density at radius 2 is 1.93 bits per heavy atom. The molecule has 2 aliphatic rings. The van der Waals surface area contributed by atoms with E-state index < -0.39 is 18.7 Å². The molecule has 2 fully saturated rings. The van der Waals surface area contributed by atoms with E-state index in [1.54, 1.807) is 0 Å². The van der Waals surface area contributed by atoms with Gasteiger partial charge < -0.3 is 5.11 Å². The van der Waals surface area contributed by atoms with Crippen molar-refractivity contribution in [1.29, 1.82) is 0 Å². The lowest BCUT2D eigenvalue weighted by Crippen LogP contribution is -2.27. The molecule has 1 nitrogen and oxygen atoms in total. The average molecular weight is 222 g/mol. The van der Waals surface area contributed by atoms with Crippen LogP contribution in [0.2, 0.25) is 0 Å². The zero-order valence-corrected chi connectivity index (χ0v) is 8.63. The van der Waals surface area contributed by atoms with Crippen LogP contribution in [0.25, 0.3) is 0 Å². The third-order valence-corrected chi connectivity index (χ3v) is 4.01. The molecule has 0 aromatic heterocycles. The molecule has 0 radical (unpaired) electrons. The summed E-state index contributed by atoms with van der Waals surface area (Å²) < 4.78 is 35.9. The van der Waals surface area contributed by atoms with Gasteiger partial charge in [-0.3, -0.25) is 0 Å². The van der Waals surface area contributed by atoms with Gasteiger partial charge in [0, 0.05) is 6.42 Å². The lowest BCUT2D eigenvalue weighted by Gasteiger charge is -2.27. The highest BCUT2D eigenvalue weighted by Crippen LogP contribution is 2.50. The maximum Gasteiger partial charge on any atom is 0.389 e. The van der Waals surface area contributed by atoms with Gasteiger partial charge in [-0.05, 0) is 43.4 Å². The molecule has 1 N–H and O–H groups in total. The Balaban J connectivity index is 1.79. The number of hydrogen-bond acceptors (Lipinski definition) is 1. The van der Waals surface area contributed by atoms with Crippen LogP contribution >= 0.6 is 0 Å². The van der Waals surface area contributed by atoms with Gasteiger partial charge in [0.15, 0.2) is 0 Å². The first-order valence-corrected chi connectivity index (χ1v) is 5.70. The van der Waals surface area contributed by atoms with Crippen LogP contribution in [0.4, 0.5) is 13.2 Å².